The molecule has 0 aromatic carbocycles. The zero-order chi connectivity index (χ0) is 66.1. The Morgan fingerprint density at radius 2 is 0.381 bits per heavy atom. The van der Waals surface area contributed by atoms with E-state index < -0.39 is 0 Å². The largest absolute Gasteiger partial charge is 2.00 e. The van der Waals surface area contributed by atoms with Crippen LogP contribution in [0.4, 0.5) is 0 Å². The maximum atomic E-state index is 7.66. The van der Waals surface area contributed by atoms with E-state index in [2.05, 4.69) is 87.3 Å². The van der Waals surface area contributed by atoms with Crippen molar-refractivity contribution in [2.45, 2.75) is 359 Å². The van der Waals surface area contributed by atoms with Crippen molar-refractivity contribution >= 4 is 0 Å². The molecule has 5 aliphatic heterocycles. The Bertz CT molecular complexity index is 1840. The first kappa shape index (κ1) is 76.5. The molecule has 1 radical (unpaired) electrons. The standard InChI is InChI=1S/C80H142N8O8.Cu/c1-9-17-41-89-65-49-33-25-26-34-50(49)66(90-42-18-10-2)58-57(65)73-81-74(58)86-76-61-62(70(94-46-22-14-6)54-38-30-29-37-53(54)69(61)93-45-21-13-5)78(83-76)88-80-64-63(71(95-47-23-15-7)55-39-31-32-40-56(55)72(64)96-48-24-16-8)79(84-80)87-77-60-59(75(82-77)85-73)67(91-43-19-11-3)51-35-27-28-36-52(51)68(60)92-44-20-12-4;/h49-81,84-88H,9-48H2,1-8H3;/q-2;+2. The van der Waals surface area contributed by atoms with Crippen molar-refractivity contribution in [3.05, 3.63) is 10.6 Å². The van der Waals surface area contributed by atoms with Crippen LogP contribution in [0.15, 0.2) is 0 Å². The fourth-order valence-corrected chi connectivity index (χ4v) is 23.6. The Balaban J connectivity index is 0.00000897. The van der Waals surface area contributed by atoms with E-state index in [0.717, 1.165) is 156 Å². The van der Waals surface area contributed by atoms with Gasteiger partial charge >= 0.3 is 17.1 Å². The maximum Gasteiger partial charge on any atom is 2.00 e. The molecular weight excluding hydrogens is 1260 g/mol. The van der Waals surface area contributed by atoms with Crippen LogP contribution in [-0.4, -0.2) is 151 Å². The Morgan fingerprint density at radius 3 is 0.536 bits per heavy atom. The SMILES string of the molecule is CCCCOC1C2CCCCC2C(OCCCC)C2C3[N-]C(NC4NC(NC5[N-]C(NC6NC(N3)C3C(OCCCC)C7CCCCC7C(OCCCC)C63)C3C(OCCCC)C6CCCCC6C(OCCCC)C53)C3C(OCCCC)C5CCCCC5C(OCCCC)C43)C12.[Cu+2]. The zero-order valence-corrected chi connectivity index (χ0v) is 63.2. The summed E-state index contributed by atoms with van der Waals surface area (Å²) in [6.07, 6.45) is 36.4. The molecule has 13 aliphatic rings. The molecule has 97 heavy (non-hydrogen) atoms. The van der Waals surface area contributed by atoms with Crippen molar-refractivity contribution in [3.8, 4) is 0 Å². The van der Waals surface area contributed by atoms with Crippen LogP contribution in [0.5, 0.6) is 0 Å². The third-order valence-corrected chi connectivity index (χ3v) is 27.9. The van der Waals surface area contributed by atoms with E-state index in [1.54, 1.807) is 0 Å². The van der Waals surface area contributed by atoms with Gasteiger partial charge in [0.1, 0.15) is 0 Å². The molecule has 32 unspecified atom stereocenters. The molecule has 16 nitrogen and oxygen atoms in total. The number of fused-ring (bicyclic) bond motifs is 24. The molecule has 5 heterocycles. The predicted molar refractivity (Wildman–Crippen MR) is 383 cm³/mol. The number of ether oxygens (including phenoxy) is 8. The fourth-order valence-electron chi connectivity index (χ4n) is 23.6. The summed E-state index contributed by atoms with van der Waals surface area (Å²) in [5.74, 6) is 4.26. The molecule has 0 spiro atoms. The van der Waals surface area contributed by atoms with E-state index in [-0.39, 0.29) is 163 Å². The summed E-state index contributed by atoms with van der Waals surface area (Å²) in [5.41, 5.74) is 0. The van der Waals surface area contributed by atoms with E-state index in [0.29, 0.717) is 47.3 Å². The number of hydrogen-bond acceptors (Lipinski definition) is 14. The fraction of sp³-hybridized carbons (Fsp3) is 1.00. The molecule has 0 aromatic heterocycles. The molecule has 0 amide bonds. The second kappa shape index (κ2) is 37.4. The van der Waals surface area contributed by atoms with Crippen LogP contribution in [0.1, 0.15) is 261 Å². The summed E-state index contributed by atoms with van der Waals surface area (Å²) in [6.45, 7) is 24.9. The van der Waals surface area contributed by atoms with Crippen LogP contribution in [0.2, 0.25) is 0 Å². The summed E-state index contributed by atoms with van der Waals surface area (Å²) < 4.78 is 61.3. The van der Waals surface area contributed by atoms with Gasteiger partial charge in [0.05, 0.1) is 73.5 Å². The number of nitrogens with one attached hydrogen (secondary N) is 6. The summed E-state index contributed by atoms with van der Waals surface area (Å²) in [4.78, 5) is 0. The van der Waals surface area contributed by atoms with Gasteiger partial charge in [0.15, 0.2) is 0 Å². The van der Waals surface area contributed by atoms with Gasteiger partial charge in [0.25, 0.3) is 0 Å². The van der Waals surface area contributed by atoms with Crippen molar-refractivity contribution in [2.24, 2.45) is 94.7 Å². The molecule has 13 rings (SSSR count). The van der Waals surface area contributed by atoms with Gasteiger partial charge in [0, 0.05) is 76.5 Å². The Hall–Kier alpha value is -0.121. The normalized spacial score (nSPS) is 45.8. The zero-order valence-electron chi connectivity index (χ0n) is 62.2. The van der Waals surface area contributed by atoms with Crippen LogP contribution in [-0.2, 0) is 55.0 Å². The van der Waals surface area contributed by atoms with E-state index in [4.69, 9.17) is 48.5 Å². The van der Waals surface area contributed by atoms with E-state index in [1.807, 2.05) is 0 Å². The predicted octanol–water partition coefficient (Wildman–Crippen LogP) is 14.6. The van der Waals surface area contributed by atoms with Crippen LogP contribution in [0, 0.1) is 94.7 Å². The van der Waals surface area contributed by atoms with Crippen molar-refractivity contribution < 1.29 is 55.0 Å². The van der Waals surface area contributed by atoms with Gasteiger partial charge < -0.3 is 69.8 Å². The average molecular weight is 1410 g/mol. The molecule has 6 N–H and O–H groups in total. The molecule has 13 fully saturated rings. The quantitative estimate of drug-likeness (QED) is 0.0277. The molecule has 8 saturated carbocycles. The summed E-state index contributed by atoms with van der Waals surface area (Å²) in [7, 11) is 0. The van der Waals surface area contributed by atoms with E-state index >= 15 is 0 Å². The van der Waals surface area contributed by atoms with Gasteiger partial charge in [-0.3, -0.25) is 10.6 Å². The molecule has 0 aromatic rings. The number of nitrogens with zero attached hydrogens (tertiary/aromatic N) is 2. The van der Waals surface area contributed by atoms with E-state index in [1.165, 1.54) is 103 Å². The summed E-state index contributed by atoms with van der Waals surface area (Å²) in [5, 5.41) is 40.8. The van der Waals surface area contributed by atoms with Gasteiger partial charge in [-0.2, -0.15) is 0 Å². The smallest absolute Gasteiger partial charge is 0.631 e. The first-order chi connectivity index (χ1) is 47.4. The molecule has 17 heteroatoms. The monoisotopic (exact) mass is 1410 g/mol. The second-order valence-electron chi connectivity index (χ2n) is 33.6. The van der Waals surface area contributed by atoms with Crippen LogP contribution < -0.4 is 31.9 Å². The number of unbranched alkanes of at least 4 members (excludes halogenated alkanes) is 8. The average Bonchev–Trinajstić information content (AvgIpc) is 1.62. The Labute approximate surface area is 600 Å². The van der Waals surface area contributed by atoms with Gasteiger partial charge in [0.2, 0.25) is 0 Å². The molecule has 561 valence electrons. The topological polar surface area (TPSA) is 174 Å². The third-order valence-electron chi connectivity index (χ3n) is 27.9. The van der Waals surface area contributed by atoms with Crippen molar-refractivity contribution in [3.63, 3.8) is 0 Å². The van der Waals surface area contributed by atoms with Gasteiger partial charge in [-0.1, -0.05) is 183 Å². The second-order valence-corrected chi connectivity index (χ2v) is 33.6. The minimum Gasteiger partial charge on any atom is -0.631 e. The minimum atomic E-state index is -0.199. The van der Waals surface area contributed by atoms with Crippen LogP contribution in [0.3, 0.4) is 0 Å². The molecule has 32 atom stereocenters. The molecule has 8 aliphatic carbocycles. The third kappa shape index (κ3) is 16.3. The number of hydrogen-bond donors (Lipinski definition) is 6. The van der Waals surface area contributed by atoms with Crippen molar-refractivity contribution in [1.29, 1.82) is 0 Å². The number of rotatable bonds is 32. The van der Waals surface area contributed by atoms with Crippen molar-refractivity contribution in [2.75, 3.05) is 52.9 Å². The first-order valence-electron chi connectivity index (χ1n) is 42.3. The van der Waals surface area contributed by atoms with Crippen LogP contribution in [0.25, 0.3) is 10.6 Å². The molecule has 8 bridgehead atoms. The summed E-state index contributed by atoms with van der Waals surface area (Å²) in [6, 6.07) is 0. The van der Waals surface area contributed by atoms with E-state index in [9.17, 15) is 0 Å². The first-order valence-corrected chi connectivity index (χ1v) is 42.3. The Kier molecular flexibility index (Phi) is 29.5. The molecular formula is C80H142CuN8O8. The molecule has 5 saturated heterocycles. The Morgan fingerprint density at radius 1 is 0.227 bits per heavy atom. The van der Waals surface area contributed by atoms with Gasteiger partial charge in [-0.05, 0) is 174 Å². The van der Waals surface area contributed by atoms with Crippen LogP contribution >= 0.6 is 0 Å². The maximum absolute atomic E-state index is 7.66. The van der Waals surface area contributed by atoms with Crippen molar-refractivity contribution in [1.82, 2.24) is 31.9 Å². The minimum absolute atomic E-state index is 0. The van der Waals surface area contributed by atoms with Gasteiger partial charge in [-0.15, -0.1) is 0 Å². The summed E-state index contributed by atoms with van der Waals surface area (Å²) >= 11 is 0. The van der Waals surface area contributed by atoms with Gasteiger partial charge in [-0.25, -0.2) is 0 Å².